The quantitative estimate of drug-likeness (QED) is 0.462. The molecule has 2 N–H and O–H groups in total. The van der Waals surface area contributed by atoms with Gasteiger partial charge in [0.05, 0.1) is 22.0 Å². The van der Waals surface area contributed by atoms with Gasteiger partial charge in [-0.15, -0.1) is 0 Å². The van der Waals surface area contributed by atoms with E-state index in [4.69, 9.17) is 16.0 Å². The zero-order chi connectivity index (χ0) is 22.9. The minimum atomic E-state index is -4.44. The number of hydrogen-bond donors (Lipinski definition) is 2. The Balaban J connectivity index is 1.58. The maximum absolute atomic E-state index is 12.9. The predicted molar refractivity (Wildman–Crippen MR) is 115 cm³/mol. The molecule has 0 atom stereocenters. The van der Waals surface area contributed by atoms with Gasteiger partial charge in [-0.05, 0) is 50.1 Å². The van der Waals surface area contributed by atoms with Gasteiger partial charge < -0.3 is 9.73 Å². The van der Waals surface area contributed by atoms with Crippen molar-refractivity contribution in [2.45, 2.75) is 32.4 Å². The summed E-state index contributed by atoms with van der Waals surface area (Å²) in [5.74, 6) is 0.623. The summed E-state index contributed by atoms with van der Waals surface area (Å²) in [6.07, 6.45) is -1.06. The number of aryl methyl sites for hydroxylation is 1. The third-order valence-electron chi connectivity index (χ3n) is 5.01. The zero-order valence-electron chi connectivity index (χ0n) is 16.9. The molecule has 0 aliphatic heterocycles. The van der Waals surface area contributed by atoms with E-state index < -0.39 is 17.6 Å². The van der Waals surface area contributed by atoms with Gasteiger partial charge in [-0.1, -0.05) is 17.7 Å². The molecule has 2 aromatic heterocycles. The molecule has 0 bridgehead atoms. The topological polar surface area (TPSA) is 79.5 Å². The highest BCUT2D eigenvalue weighted by molar-refractivity contribution is 6.30. The summed E-state index contributed by atoms with van der Waals surface area (Å²) in [7, 11) is 0. The number of carbonyl (C=O) groups excluding carboxylic acids is 1. The Morgan fingerprint density at radius 2 is 2.03 bits per heavy atom. The smallest absolute Gasteiger partial charge is 0.416 e. The molecule has 3 aromatic rings. The second-order valence-corrected chi connectivity index (χ2v) is 7.71. The van der Waals surface area contributed by atoms with E-state index in [9.17, 15) is 18.0 Å². The number of aromatic nitrogens is 1. The van der Waals surface area contributed by atoms with Crippen molar-refractivity contribution in [1.29, 1.82) is 0 Å². The van der Waals surface area contributed by atoms with Gasteiger partial charge in [0.2, 0.25) is 0 Å². The molecule has 0 saturated carbocycles. The van der Waals surface area contributed by atoms with Crippen LogP contribution in [0.3, 0.4) is 0 Å². The Kier molecular flexibility index (Phi) is 5.92. The standard InChI is InChI=1S/C22H18ClF3N4O2/c1-12-19-16(30-29-15-5-2-4-13(10-15)22(24,25)26)6-3-7-17(19)32-20(12)21(31)28-18-9-8-14(23)11-27-18/h2,4-5,8-11,29H,3,6-7H2,1H3,(H,27,28,31)/b30-16+. The lowest BCUT2D eigenvalue weighted by Crippen LogP contribution is -2.15. The van der Waals surface area contributed by atoms with Crippen molar-refractivity contribution in [3.05, 3.63) is 75.8 Å². The Labute approximate surface area is 186 Å². The van der Waals surface area contributed by atoms with E-state index in [-0.39, 0.29) is 11.4 Å². The molecule has 1 aliphatic carbocycles. The molecule has 32 heavy (non-hydrogen) atoms. The highest BCUT2D eigenvalue weighted by Gasteiger charge is 2.31. The molecule has 166 valence electrons. The Hall–Kier alpha value is -3.33. The molecule has 1 aliphatic rings. The van der Waals surface area contributed by atoms with E-state index in [1.54, 1.807) is 19.1 Å². The monoisotopic (exact) mass is 462 g/mol. The van der Waals surface area contributed by atoms with E-state index >= 15 is 0 Å². The highest BCUT2D eigenvalue weighted by atomic mass is 35.5. The lowest BCUT2D eigenvalue weighted by molar-refractivity contribution is -0.137. The average Bonchev–Trinajstić information content (AvgIpc) is 3.11. The maximum atomic E-state index is 12.9. The van der Waals surface area contributed by atoms with Gasteiger partial charge in [0, 0.05) is 23.7 Å². The van der Waals surface area contributed by atoms with Crippen molar-refractivity contribution < 1.29 is 22.4 Å². The van der Waals surface area contributed by atoms with Gasteiger partial charge in [-0.2, -0.15) is 18.3 Å². The number of anilines is 2. The summed E-state index contributed by atoms with van der Waals surface area (Å²) in [5, 5.41) is 7.44. The van der Waals surface area contributed by atoms with Crippen molar-refractivity contribution >= 4 is 34.7 Å². The van der Waals surface area contributed by atoms with E-state index in [2.05, 4.69) is 20.8 Å². The fourth-order valence-electron chi connectivity index (χ4n) is 3.52. The van der Waals surface area contributed by atoms with Crippen LogP contribution in [0.5, 0.6) is 0 Å². The number of furan rings is 1. The van der Waals surface area contributed by atoms with Crippen LogP contribution in [0.15, 0.2) is 52.1 Å². The normalized spacial score (nSPS) is 14.8. The van der Waals surface area contributed by atoms with Crippen molar-refractivity contribution in [3.8, 4) is 0 Å². The van der Waals surface area contributed by atoms with E-state index in [0.717, 1.165) is 18.6 Å². The first-order chi connectivity index (χ1) is 15.2. The van der Waals surface area contributed by atoms with Crippen molar-refractivity contribution in [2.24, 2.45) is 5.10 Å². The van der Waals surface area contributed by atoms with Crippen LogP contribution < -0.4 is 10.7 Å². The van der Waals surface area contributed by atoms with Crippen LogP contribution in [0.4, 0.5) is 24.7 Å². The summed E-state index contributed by atoms with van der Waals surface area (Å²) in [5.41, 5.74) is 4.08. The van der Waals surface area contributed by atoms with Crippen LogP contribution >= 0.6 is 11.6 Å². The molecule has 1 amide bonds. The minimum absolute atomic E-state index is 0.139. The first-order valence-corrected chi connectivity index (χ1v) is 10.2. The van der Waals surface area contributed by atoms with Crippen LogP contribution in [0.25, 0.3) is 0 Å². The van der Waals surface area contributed by atoms with Gasteiger partial charge in [-0.3, -0.25) is 10.2 Å². The molecular formula is C22H18ClF3N4O2. The van der Waals surface area contributed by atoms with E-state index in [1.807, 2.05) is 0 Å². The van der Waals surface area contributed by atoms with E-state index in [1.165, 1.54) is 18.3 Å². The predicted octanol–water partition coefficient (Wildman–Crippen LogP) is 6.06. The number of nitrogens with one attached hydrogen (secondary N) is 2. The number of alkyl halides is 3. The summed E-state index contributed by atoms with van der Waals surface area (Å²) in [4.78, 5) is 16.8. The number of hydrogen-bond acceptors (Lipinski definition) is 5. The summed E-state index contributed by atoms with van der Waals surface area (Å²) in [6, 6.07) is 7.99. The molecule has 1 aromatic carbocycles. The average molecular weight is 463 g/mol. The van der Waals surface area contributed by atoms with Crippen LogP contribution in [-0.2, 0) is 12.6 Å². The molecular weight excluding hydrogens is 445 g/mol. The molecule has 2 heterocycles. The summed E-state index contributed by atoms with van der Waals surface area (Å²) >= 11 is 5.81. The Morgan fingerprint density at radius 3 is 2.75 bits per heavy atom. The second kappa shape index (κ2) is 8.66. The molecule has 4 rings (SSSR count). The molecule has 6 nitrogen and oxygen atoms in total. The van der Waals surface area contributed by atoms with Crippen molar-refractivity contribution in [1.82, 2.24) is 4.98 Å². The van der Waals surface area contributed by atoms with E-state index in [0.29, 0.717) is 46.3 Å². The number of carbonyl (C=O) groups is 1. The lowest BCUT2D eigenvalue weighted by Gasteiger charge is -2.14. The fourth-order valence-corrected chi connectivity index (χ4v) is 3.63. The minimum Gasteiger partial charge on any atom is -0.455 e. The molecule has 10 heteroatoms. The van der Waals surface area contributed by atoms with Crippen LogP contribution in [0, 0.1) is 6.92 Å². The van der Waals surface area contributed by atoms with Gasteiger partial charge in [0.15, 0.2) is 5.76 Å². The summed E-state index contributed by atoms with van der Waals surface area (Å²) < 4.78 is 44.6. The highest BCUT2D eigenvalue weighted by Crippen LogP contribution is 2.32. The van der Waals surface area contributed by atoms with Gasteiger partial charge in [0.25, 0.3) is 5.91 Å². The molecule has 0 unspecified atom stereocenters. The second-order valence-electron chi connectivity index (χ2n) is 7.27. The van der Waals surface area contributed by atoms with Crippen LogP contribution in [0.1, 0.15) is 45.8 Å². The number of pyridine rings is 1. The number of rotatable bonds is 4. The number of halogens is 4. The molecule has 0 saturated heterocycles. The van der Waals surface area contributed by atoms with Crippen molar-refractivity contribution in [3.63, 3.8) is 0 Å². The van der Waals surface area contributed by atoms with Crippen LogP contribution in [0.2, 0.25) is 5.02 Å². The zero-order valence-corrected chi connectivity index (χ0v) is 17.6. The number of amides is 1. The SMILES string of the molecule is Cc1c(C(=O)Nc2ccc(Cl)cn2)oc2c1/C(=N/Nc1cccc(C(F)(F)F)c1)CCC2. The lowest BCUT2D eigenvalue weighted by atomic mass is 9.93. The third kappa shape index (κ3) is 4.62. The van der Waals surface area contributed by atoms with Gasteiger partial charge in [0.1, 0.15) is 11.6 Å². The van der Waals surface area contributed by atoms with Crippen molar-refractivity contribution in [2.75, 3.05) is 10.7 Å². The number of nitrogens with zero attached hydrogens (tertiary/aromatic N) is 2. The van der Waals surface area contributed by atoms with Gasteiger partial charge >= 0.3 is 6.18 Å². The fraction of sp³-hybridized carbons (Fsp3) is 0.227. The number of fused-ring (bicyclic) bond motifs is 1. The number of hydrazone groups is 1. The number of benzene rings is 1. The largest absolute Gasteiger partial charge is 0.455 e. The summed E-state index contributed by atoms with van der Waals surface area (Å²) in [6.45, 7) is 1.75. The first-order valence-electron chi connectivity index (χ1n) is 9.78. The first kappa shape index (κ1) is 21.9. The maximum Gasteiger partial charge on any atom is 0.416 e. The Bertz CT molecular complexity index is 1190. The third-order valence-corrected chi connectivity index (χ3v) is 5.23. The molecule has 0 fully saturated rings. The molecule has 0 spiro atoms. The van der Waals surface area contributed by atoms with Crippen LogP contribution in [-0.4, -0.2) is 16.6 Å². The molecule has 0 radical (unpaired) electrons. The van der Waals surface area contributed by atoms with Gasteiger partial charge in [-0.25, -0.2) is 4.98 Å². The Morgan fingerprint density at radius 1 is 1.22 bits per heavy atom.